The number of nitrogens with zero attached hydrogens (tertiary/aromatic N) is 3. The number of amides is 1. The van der Waals surface area contributed by atoms with Crippen molar-refractivity contribution >= 4 is 15.9 Å². The fourth-order valence-corrected chi connectivity index (χ4v) is 4.24. The Hall–Kier alpha value is -2.39. The third kappa shape index (κ3) is 4.23. The number of hydrogen-bond acceptors (Lipinski definition) is 5. The van der Waals surface area contributed by atoms with Crippen LogP contribution in [0.5, 0.6) is 5.75 Å². The maximum absolute atomic E-state index is 12.4. The van der Waals surface area contributed by atoms with E-state index in [1.54, 1.807) is 7.11 Å². The number of rotatable bonds is 7. The Balaban J connectivity index is 1.55. The van der Waals surface area contributed by atoms with E-state index in [9.17, 15) is 13.2 Å². The maximum Gasteiger partial charge on any atom is 0.262 e. The molecule has 1 aromatic heterocycles. The molecule has 9 heteroatoms. The van der Waals surface area contributed by atoms with Crippen molar-refractivity contribution in [1.29, 1.82) is 0 Å². The number of sulfonamides is 1. The summed E-state index contributed by atoms with van der Waals surface area (Å²) in [6.45, 7) is 1.45. The molecule has 2 aromatic rings. The van der Waals surface area contributed by atoms with Gasteiger partial charge in [0.1, 0.15) is 12.3 Å². The fourth-order valence-electron chi connectivity index (χ4n) is 2.79. The highest BCUT2D eigenvalue weighted by atomic mass is 32.2. The second-order valence-corrected chi connectivity index (χ2v) is 8.01. The van der Waals surface area contributed by atoms with E-state index in [1.807, 2.05) is 24.3 Å². The molecule has 0 unspecified atom stereocenters. The second kappa shape index (κ2) is 7.88. The van der Waals surface area contributed by atoms with Gasteiger partial charge in [0.2, 0.25) is 5.91 Å². The van der Waals surface area contributed by atoms with Gasteiger partial charge in [0, 0.05) is 25.8 Å². The van der Waals surface area contributed by atoms with Crippen LogP contribution in [-0.4, -0.2) is 48.4 Å². The number of nitrogens with one attached hydrogen (secondary N) is 1. The highest BCUT2D eigenvalue weighted by Crippen LogP contribution is 2.19. The molecular formula is C17H22N4O4S. The summed E-state index contributed by atoms with van der Waals surface area (Å²) in [5.74, 6) is 0.536. The first-order chi connectivity index (χ1) is 12.5. The zero-order valence-electron chi connectivity index (χ0n) is 14.6. The van der Waals surface area contributed by atoms with Crippen molar-refractivity contribution < 1.29 is 17.9 Å². The van der Waals surface area contributed by atoms with Gasteiger partial charge < -0.3 is 14.6 Å². The van der Waals surface area contributed by atoms with Crippen LogP contribution >= 0.6 is 0 Å². The largest absolute Gasteiger partial charge is 0.497 e. The lowest BCUT2D eigenvalue weighted by molar-refractivity contribution is -0.121. The molecule has 0 saturated carbocycles. The summed E-state index contributed by atoms with van der Waals surface area (Å²) in [6, 6.07) is 7.40. The number of methoxy groups -OCH3 is 1. The van der Waals surface area contributed by atoms with Crippen molar-refractivity contribution in [1.82, 2.24) is 19.2 Å². The lowest BCUT2D eigenvalue weighted by atomic mass is 10.2. The Morgan fingerprint density at radius 2 is 1.92 bits per heavy atom. The molecule has 26 heavy (non-hydrogen) atoms. The Labute approximate surface area is 152 Å². The molecule has 1 aliphatic heterocycles. The molecule has 2 heterocycles. The standard InChI is InChI=1S/C17H22N4O4S/c1-25-15-6-4-14(5-7-15)10-18-16(22)11-20-12-17(19-13-20)26(23,24)21-8-2-3-9-21/h4-7,12-13H,2-3,8-11H2,1H3,(H,18,22). The molecule has 1 N–H and O–H groups in total. The van der Waals surface area contributed by atoms with Crippen molar-refractivity contribution in [2.24, 2.45) is 0 Å². The Bertz CT molecular complexity index is 855. The summed E-state index contributed by atoms with van der Waals surface area (Å²) >= 11 is 0. The van der Waals surface area contributed by atoms with E-state index in [0.29, 0.717) is 19.6 Å². The first kappa shape index (κ1) is 18.4. The molecular weight excluding hydrogens is 356 g/mol. The number of imidazole rings is 1. The maximum atomic E-state index is 12.4. The number of ether oxygens (including phenoxy) is 1. The SMILES string of the molecule is COc1ccc(CNC(=O)Cn2cnc(S(=O)(=O)N3CCCC3)c2)cc1. The molecule has 140 valence electrons. The van der Waals surface area contributed by atoms with Crippen molar-refractivity contribution in [3.05, 3.63) is 42.4 Å². The predicted octanol–water partition coefficient (Wildman–Crippen LogP) is 0.993. The van der Waals surface area contributed by atoms with Gasteiger partial charge in [0.15, 0.2) is 5.03 Å². The van der Waals surface area contributed by atoms with Gasteiger partial charge >= 0.3 is 0 Å². The highest BCUT2D eigenvalue weighted by Gasteiger charge is 2.29. The topological polar surface area (TPSA) is 93.5 Å². The molecule has 3 rings (SSSR count). The van der Waals surface area contributed by atoms with Crippen LogP contribution in [0, 0.1) is 0 Å². The second-order valence-electron chi connectivity index (χ2n) is 6.12. The molecule has 1 aliphatic rings. The number of benzene rings is 1. The van der Waals surface area contributed by atoms with Gasteiger partial charge in [0.05, 0.1) is 13.4 Å². The summed E-state index contributed by atoms with van der Waals surface area (Å²) in [5, 5.41) is 2.79. The molecule has 0 atom stereocenters. The number of aromatic nitrogens is 2. The quantitative estimate of drug-likeness (QED) is 0.776. The van der Waals surface area contributed by atoms with Crippen LogP contribution in [0.3, 0.4) is 0 Å². The molecule has 1 fully saturated rings. The van der Waals surface area contributed by atoms with E-state index in [2.05, 4.69) is 10.3 Å². The zero-order chi connectivity index (χ0) is 18.6. The average Bonchev–Trinajstić information content (AvgIpc) is 3.33. The van der Waals surface area contributed by atoms with Crippen LogP contribution in [0.15, 0.2) is 41.8 Å². The molecule has 0 spiro atoms. The summed E-state index contributed by atoms with van der Waals surface area (Å²) < 4.78 is 32.9. The van der Waals surface area contributed by atoms with Gasteiger partial charge in [-0.25, -0.2) is 13.4 Å². The van der Waals surface area contributed by atoms with Crippen molar-refractivity contribution in [3.8, 4) is 5.75 Å². The minimum Gasteiger partial charge on any atom is -0.497 e. The average molecular weight is 378 g/mol. The highest BCUT2D eigenvalue weighted by molar-refractivity contribution is 7.89. The lowest BCUT2D eigenvalue weighted by Crippen LogP contribution is -2.28. The van der Waals surface area contributed by atoms with Gasteiger partial charge in [-0.3, -0.25) is 4.79 Å². The van der Waals surface area contributed by atoms with Crippen molar-refractivity contribution in [2.75, 3.05) is 20.2 Å². The van der Waals surface area contributed by atoms with E-state index in [-0.39, 0.29) is 17.5 Å². The van der Waals surface area contributed by atoms with Crippen LogP contribution in [-0.2, 0) is 27.9 Å². The van der Waals surface area contributed by atoms with Crippen molar-refractivity contribution in [2.45, 2.75) is 31.0 Å². The minimum absolute atomic E-state index is 0.0117. The Morgan fingerprint density at radius 1 is 1.23 bits per heavy atom. The zero-order valence-corrected chi connectivity index (χ0v) is 15.4. The summed E-state index contributed by atoms with van der Waals surface area (Å²) in [6.07, 6.45) is 4.51. The molecule has 1 saturated heterocycles. The third-order valence-electron chi connectivity index (χ3n) is 4.25. The fraction of sp³-hybridized carbons (Fsp3) is 0.412. The van der Waals surface area contributed by atoms with Crippen LogP contribution in [0.4, 0.5) is 0 Å². The minimum atomic E-state index is -3.56. The van der Waals surface area contributed by atoms with Gasteiger partial charge in [-0.1, -0.05) is 12.1 Å². The first-order valence-corrected chi connectivity index (χ1v) is 9.84. The van der Waals surface area contributed by atoms with Crippen LogP contribution in [0.1, 0.15) is 18.4 Å². The predicted molar refractivity (Wildman–Crippen MR) is 95.1 cm³/mol. The Kier molecular flexibility index (Phi) is 5.58. The van der Waals surface area contributed by atoms with Crippen LogP contribution < -0.4 is 10.1 Å². The number of hydrogen-bond donors (Lipinski definition) is 1. The van der Waals surface area contributed by atoms with E-state index in [0.717, 1.165) is 24.2 Å². The van der Waals surface area contributed by atoms with Gasteiger partial charge in [-0.05, 0) is 30.5 Å². The number of carbonyl (C=O) groups is 1. The van der Waals surface area contributed by atoms with E-state index >= 15 is 0 Å². The monoisotopic (exact) mass is 378 g/mol. The summed E-state index contributed by atoms with van der Waals surface area (Å²) in [7, 11) is -1.96. The van der Waals surface area contributed by atoms with Gasteiger partial charge in [-0.15, -0.1) is 0 Å². The van der Waals surface area contributed by atoms with Gasteiger partial charge in [-0.2, -0.15) is 4.31 Å². The molecule has 1 aromatic carbocycles. The van der Waals surface area contributed by atoms with E-state index in [1.165, 1.54) is 21.4 Å². The van der Waals surface area contributed by atoms with Crippen molar-refractivity contribution in [3.63, 3.8) is 0 Å². The Morgan fingerprint density at radius 3 is 2.58 bits per heavy atom. The van der Waals surface area contributed by atoms with Crippen LogP contribution in [0.2, 0.25) is 0 Å². The summed E-state index contributed by atoms with van der Waals surface area (Å²) in [4.78, 5) is 16.0. The third-order valence-corrected chi connectivity index (χ3v) is 6.04. The molecule has 0 bridgehead atoms. The molecule has 8 nitrogen and oxygen atoms in total. The van der Waals surface area contributed by atoms with E-state index in [4.69, 9.17) is 4.74 Å². The molecule has 0 aliphatic carbocycles. The lowest BCUT2D eigenvalue weighted by Gasteiger charge is -2.12. The normalized spacial score (nSPS) is 15.1. The smallest absolute Gasteiger partial charge is 0.262 e. The molecule has 0 radical (unpaired) electrons. The first-order valence-electron chi connectivity index (χ1n) is 8.40. The van der Waals surface area contributed by atoms with Gasteiger partial charge in [0.25, 0.3) is 10.0 Å². The molecule has 1 amide bonds. The summed E-state index contributed by atoms with van der Waals surface area (Å²) in [5.41, 5.74) is 0.946. The number of carbonyl (C=O) groups excluding carboxylic acids is 1. The van der Waals surface area contributed by atoms with Crippen LogP contribution in [0.25, 0.3) is 0 Å². The van der Waals surface area contributed by atoms with E-state index < -0.39 is 10.0 Å².